The first-order chi connectivity index (χ1) is 7.65. The van der Waals surface area contributed by atoms with Gasteiger partial charge in [0, 0.05) is 12.7 Å². The number of aromatic nitrogens is 1. The Labute approximate surface area is 93.2 Å². The average molecular weight is 222 g/mol. The molecule has 0 spiro atoms. The van der Waals surface area contributed by atoms with Crippen LogP contribution >= 0.6 is 0 Å². The highest BCUT2D eigenvalue weighted by molar-refractivity contribution is 6.00. The van der Waals surface area contributed by atoms with Crippen LogP contribution in [0.2, 0.25) is 0 Å². The van der Waals surface area contributed by atoms with Gasteiger partial charge in [-0.1, -0.05) is 0 Å². The van der Waals surface area contributed by atoms with Crippen molar-refractivity contribution in [3.05, 3.63) is 24.0 Å². The third-order valence-corrected chi connectivity index (χ3v) is 1.86. The predicted molar refractivity (Wildman–Crippen MR) is 59.9 cm³/mol. The van der Waals surface area contributed by atoms with E-state index in [0.717, 1.165) is 0 Å². The average Bonchev–Trinajstić information content (AvgIpc) is 2.27. The molecule has 0 aliphatic rings. The topological polar surface area (TPSA) is 97.1 Å². The number of carbonyl (C=O) groups is 2. The number of nitrogens with zero attached hydrogens (tertiary/aromatic N) is 1. The Hall–Kier alpha value is -2.11. The van der Waals surface area contributed by atoms with Crippen molar-refractivity contribution in [1.82, 2.24) is 10.3 Å². The maximum atomic E-state index is 11.7. The molecule has 4 N–H and O–H groups in total. The van der Waals surface area contributed by atoms with E-state index in [9.17, 15) is 9.59 Å². The van der Waals surface area contributed by atoms with E-state index >= 15 is 0 Å². The minimum absolute atomic E-state index is 0.174. The fourth-order valence-corrected chi connectivity index (χ4v) is 1.19. The van der Waals surface area contributed by atoms with E-state index in [-0.39, 0.29) is 12.5 Å². The van der Waals surface area contributed by atoms with Gasteiger partial charge in [-0.25, -0.2) is 0 Å². The highest BCUT2D eigenvalue weighted by Crippen LogP contribution is 2.12. The van der Waals surface area contributed by atoms with E-state index in [0.29, 0.717) is 17.8 Å². The second-order valence-corrected chi connectivity index (χ2v) is 3.10. The molecule has 0 aliphatic carbocycles. The molecule has 0 atom stereocenters. The smallest absolute Gasteiger partial charge is 0.253 e. The van der Waals surface area contributed by atoms with Crippen molar-refractivity contribution < 1.29 is 9.59 Å². The Morgan fingerprint density at radius 1 is 1.50 bits per heavy atom. The molecule has 0 saturated carbocycles. The molecule has 0 aromatic carbocycles. The summed E-state index contributed by atoms with van der Waals surface area (Å²) in [5, 5.41) is 5.42. The van der Waals surface area contributed by atoms with E-state index in [2.05, 4.69) is 15.6 Å². The van der Waals surface area contributed by atoms with Crippen LogP contribution in [0.15, 0.2) is 18.5 Å². The molecule has 0 saturated heterocycles. The number of pyridine rings is 1. The molecule has 0 unspecified atom stereocenters. The number of hydrogen-bond acceptors (Lipinski definition) is 4. The lowest BCUT2D eigenvalue weighted by Gasteiger charge is -2.09. The highest BCUT2D eigenvalue weighted by atomic mass is 16.2. The molecule has 86 valence electrons. The third-order valence-electron chi connectivity index (χ3n) is 1.86. The molecule has 6 nitrogen and oxygen atoms in total. The van der Waals surface area contributed by atoms with Crippen LogP contribution in [-0.4, -0.2) is 29.9 Å². The standard InChI is InChI=1S/C10H14N4O2/c1-2-13-8-5-12-4-3-7(8)10(16)14-6-9(11)15/h3-5,13H,2,6H2,1H3,(H2,11,15)(H,14,16). The lowest BCUT2D eigenvalue weighted by molar-refractivity contribution is -0.117. The van der Waals surface area contributed by atoms with Crippen LogP contribution in [-0.2, 0) is 4.79 Å². The van der Waals surface area contributed by atoms with Crippen LogP contribution in [0.4, 0.5) is 5.69 Å². The van der Waals surface area contributed by atoms with Gasteiger partial charge in [-0.2, -0.15) is 0 Å². The molecule has 2 amide bonds. The molecule has 16 heavy (non-hydrogen) atoms. The normalized spacial score (nSPS) is 9.56. The zero-order valence-electron chi connectivity index (χ0n) is 8.99. The summed E-state index contributed by atoms with van der Waals surface area (Å²) < 4.78 is 0. The van der Waals surface area contributed by atoms with Crippen LogP contribution in [0.25, 0.3) is 0 Å². The van der Waals surface area contributed by atoms with Crippen molar-refractivity contribution in [1.29, 1.82) is 0 Å². The van der Waals surface area contributed by atoms with Gasteiger partial charge < -0.3 is 16.4 Å². The molecule has 0 aliphatic heterocycles. The quantitative estimate of drug-likeness (QED) is 0.638. The molecular formula is C10H14N4O2. The van der Waals surface area contributed by atoms with Crippen LogP contribution in [0.3, 0.4) is 0 Å². The fourth-order valence-electron chi connectivity index (χ4n) is 1.19. The summed E-state index contributed by atoms with van der Waals surface area (Å²) in [6.45, 7) is 2.42. The zero-order valence-corrected chi connectivity index (χ0v) is 8.99. The Bertz CT molecular complexity index is 392. The van der Waals surface area contributed by atoms with Gasteiger partial charge in [-0.05, 0) is 13.0 Å². The monoisotopic (exact) mass is 222 g/mol. The minimum atomic E-state index is -0.576. The van der Waals surface area contributed by atoms with Gasteiger partial charge in [0.15, 0.2) is 0 Å². The van der Waals surface area contributed by atoms with Crippen molar-refractivity contribution in [2.45, 2.75) is 6.92 Å². The predicted octanol–water partition coefficient (Wildman–Crippen LogP) is -0.272. The Kier molecular flexibility index (Phi) is 4.26. The van der Waals surface area contributed by atoms with Gasteiger partial charge in [-0.15, -0.1) is 0 Å². The second kappa shape index (κ2) is 5.69. The largest absolute Gasteiger partial charge is 0.383 e. The number of anilines is 1. The number of nitrogens with two attached hydrogens (primary N) is 1. The fraction of sp³-hybridized carbons (Fsp3) is 0.300. The van der Waals surface area contributed by atoms with Gasteiger partial charge in [0.25, 0.3) is 5.91 Å². The summed E-state index contributed by atoms with van der Waals surface area (Å²) >= 11 is 0. The molecule has 6 heteroatoms. The summed E-state index contributed by atoms with van der Waals surface area (Å²) in [7, 11) is 0. The van der Waals surface area contributed by atoms with E-state index < -0.39 is 5.91 Å². The first-order valence-corrected chi connectivity index (χ1v) is 4.89. The summed E-state index contributed by atoms with van der Waals surface area (Å²) in [4.78, 5) is 26.1. The maximum Gasteiger partial charge on any atom is 0.253 e. The molecular weight excluding hydrogens is 208 g/mol. The third kappa shape index (κ3) is 3.23. The number of amides is 2. The summed E-state index contributed by atoms with van der Waals surface area (Å²) in [5.41, 5.74) is 6.01. The van der Waals surface area contributed by atoms with Crippen molar-refractivity contribution in [2.75, 3.05) is 18.4 Å². The zero-order chi connectivity index (χ0) is 12.0. The van der Waals surface area contributed by atoms with Crippen molar-refractivity contribution in [3.8, 4) is 0 Å². The Morgan fingerprint density at radius 3 is 2.88 bits per heavy atom. The SMILES string of the molecule is CCNc1cnccc1C(=O)NCC(N)=O. The van der Waals surface area contributed by atoms with E-state index in [1.807, 2.05) is 6.92 Å². The van der Waals surface area contributed by atoms with Gasteiger partial charge in [0.1, 0.15) is 0 Å². The lowest BCUT2D eigenvalue weighted by Crippen LogP contribution is -2.33. The minimum Gasteiger partial charge on any atom is -0.383 e. The van der Waals surface area contributed by atoms with Crippen molar-refractivity contribution >= 4 is 17.5 Å². The van der Waals surface area contributed by atoms with Crippen LogP contribution < -0.4 is 16.4 Å². The molecule has 1 aromatic heterocycles. The number of nitrogens with one attached hydrogen (secondary N) is 2. The summed E-state index contributed by atoms with van der Waals surface area (Å²) in [6, 6.07) is 1.58. The van der Waals surface area contributed by atoms with Crippen LogP contribution in [0.5, 0.6) is 0 Å². The van der Waals surface area contributed by atoms with Gasteiger partial charge >= 0.3 is 0 Å². The van der Waals surface area contributed by atoms with Gasteiger partial charge in [0.05, 0.1) is 24.0 Å². The van der Waals surface area contributed by atoms with Crippen LogP contribution in [0, 0.1) is 0 Å². The highest BCUT2D eigenvalue weighted by Gasteiger charge is 2.10. The van der Waals surface area contributed by atoms with Crippen molar-refractivity contribution in [3.63, 3.8) is 0 Å². The molecule has 1 heterocycles. The second-order valence-electron chi connectivity index (χ2n) is 3.10. The number of rotatable bonds is 5. The maximum absolute atomic E-state index is 11.7. The first-order valence-electron chi connectivity index (χ1n) is 4.89. The number of carbonyl (C=O) groups excluding carboxylic acids is 2. The van der Waals surface area contributed by atoms with E-state index in [1.165, 1.54) is 6.20 Å². The first kappa shape index (κ1) is 12.0. The molecule has 0 radical (unpaired) electrons. The Balaban J connectivity index is 2.77. The van der Waals surface area contributed by atoms with Gasteiger partial charge in [0.2, 0.25) is 5.91 Å². The lowest BCUT2D eigenvalue weighted by atomic mass is 10.2. The van der Waals surface area contributed by atoms with Crippen LogP contribution in [0.1, 0.15) is 17.3 Å². The Morgan fingerprint density at radius 2 is 2.25 bits per heavy atom. The summed E-state index contributed by atoms with van der Waals surface area (Å²) in [6.07, 6.45) is 3.07. The van der Waals surface area contributed by atoms with Crippen molar-refractivity contribution in [2.24, 2.45) is 5.73 Å². The molecule has 0 fully saturated rings. The summed E-state index contributed by atoms with van der Waals surface area (Å²) in [5.74, 6) is -0.926. The number of primary amides is 1. The van der Waals surface area contributed by atoms with E-state index in [4.69, 9.17) is 5.73 Å². The molecule has 0 bridgehead atoms. The van der Waals surface area contributed by atoms with E-state index in [1.54, 1.807) is 12.3 Å². The molecule has 1 aromatic rings. The molecule has 1 rings (SSSR count). The number of hydrogen-bond donors (Lipinski definition) is 3. The van der Waals surface area contributed by atoms with Gasteiger partial charge in [-0.3, -0.25) is 14.6 Å².